The number of hydrogen-bond acceptors (Lipinski definition) is 5. The normalized spacial score (nSPS) is 25.1. The molecule has 142 valence electrons. The van der Waals surface area contributed by atoms with Crippen LogP contribution in [0.4, 0.5) is 5.69 Å². The molecule has 0 radical (unpaired) electrons. The van der Waals surface area contributed by atoms with Crippen LogP contribution in [0.1, 0.15) is 25.7 Å². The Morgan fingerprint density at radius 3 is 2.65 bits per heavy atom. The van der Waals surface area contributed by atoms with Gasteiger partial charge < -0.3 is 20.3 Å². The number of amides is 1. The average molecular weight is 358 g/mol. The van der Waals surface area contributed by atoms with Gasteiger partial charge in [-0.25, -0.2) is 0 Å². The molecule has 2 aliphatic heterocycles. The molecule has 26 heavy (non-hydrogen) atoms. The molecule has 0 aromatic heterocycles. The molecule has 0 spiro atoms. The molecule has 1 aromatic rings. The third-order valence-corrected chi connectivity index (χ3v) is 5.85. The summed E-state index contributed by atoms with van der Waals surface area (Å²) in [4.78, 5) is 17.3. The van der Waals surface area contributed by atoms with Crippen molar-refractivity contribution in [2.24, 2.45) is 0 Å². The highest BCUT2D eigenvalue weighted by Gasteiger charge is 2.33. The lowest BCUT2D eigenvalue weighted by molar-refractivity contribution is -0.124. The highest BCUT2D eigenvalue weighted by molar-refractivity contribution is 5.82. The Kier molecular flexibility index (Phi) is 5.31. The fraction of sp³-hybridized carbons (Fsp3) is 0.650. The first-order chi connectivity index (χ1) is 12.7. The summed E-state index contributed by atoms with van der Waals surface area (Å²) in [5, 5.41) is 6.53. The number of piperazine rings is 1. The monoisotopic (exact) mass is 358 g/mol. The third kappa shape index (κ3) is 3.96. The van der Waals surface area contributed by atoms with E-state index in [1.807, 2.05) is 12.1 Å². The number of methoxy groups -OCH3 is 1. The Morgan fingerprint density at radius 1 is 1.15 bits per heavy atom. The van der Waals surface area contributed by atoms with Crippen LogP contribution in [0.25, 0.3) is 0 Å². The summed E-state index contributed by atoms with van der Waals surface area (Å²) in [7, 11) is 1.74. The van der Waals surface area contributed by atoms with E-state index in [1.54, 1.807) is 7.11 Å². The van der Waals surface area contributed by atoms with Crippen molar-refractivity contribution >= 4 is 11.6 Å². The number of piperidine rings is 1. The number of hydrogen-bond donors (Lipinski definition) is 2. The topological polar surface area (TPSA) is 56.8 Å². The average Bonchev–Trinajstić information content (AvgIpc) is 3.52. The number of carbonyl (C=O) groups is 1. The summed E-state index contributed by atoms with van der Waals surface area (Å²) in [6.07, 6.45) is 4.55. The number of ether oxygens (including phenoxy) is 1. The van der Waals surface area contributed by atoms with E-state index < -0.39 is 0 Å². The van der Waals surface area contributed by atoms with Gasteiger partial charge in [-0.1, -0.05) is 12.1 Å². The summed E-state index contributed by atoms with van der Waals surface area (Å²) in [5.74, 6) is 1.13. The van der Waals surface area contributed by atoms with Gasteiger partial charge in [0.2, 0.25) is 5.91 Å². The minimum Gasteiger partial charge on any atom is -0.495 e. The van der Waals surface area contributed by atoms with E-state index in [9.17, 15) is 4.79 Å². The first-order valence-corrected chi connectivity index (χ1v) is 9.90. The fourth-order valence-electron chi connectivity index (χ4n) is 4.17. The Hall–Kier alpha value is -1.79. The predicted molar refractivity (Wildman–Crippen MR) is 103 cm³/mol. The lowest BCUT2D eigenvalue weighted by atomic mass is 10.00. The van der Waals surface area contributed by atoms with Crippen LogP contribution in [0.15, 0.2) is 24.3 Å². The summed E-state index contributed by atoms with van der Waals surface area (Å²) < 4.78 is 5.51. The molecule has 2 saturated heterocycles. The molecule has 0 bridgehead atoms. The number of nitrogens with one attached hydrogen (secondary N) is 2. The Morgan fingerprint density at radius 2 is 1.92 bits per heavy atom. The van der Waals surface area contributed by atoms with Crippen LogP contribution in [-0.4, -0.2) is 68.8 Å². The molecule has 1 aromatic carbocycles. The zero-order chi connectivity index (χ0) is 17.9. The van der Waals surface area contributed by atoms with Crippen molar-refractivity contribution in [1.29, 1.82) is 0 Å². The molecule has 6 nitrogen and oxygen atoms in total. The molecule has 4 rings (SSSR count). The molecular formula is C20H30N4O2. The van der Waals surface area contributed by atoms with Gasteiger partial charge in [0.15, 0.2) is 0 Å². The second-order valence-electron chi connectivity index (χ2n) is 7.67. The fourth-order valence-corrected chi connectivity index (χ4v) is 4.17. The number of anilines is 1. The van der Waals surface area contributed by atoms with E-state index in [4.69, 9.17) is 4.74 Å². The highest BCUT2D eigenvalue weighted by Crippen LogP contribution is 2.31. The summed E-state index contributed by atoms with van der Waals surface area (Å²) in [5.41, 5.74) is 1.19. The van der Waals surface area contributed by atoms with Gasteiger partial charge in [0, 0.05) is 44.8 Å². The van der Waals surface area contributed by atoms with Crippen molar-refractivity contribution in [3.05, 3.63) is 24.3 Å². The van der Waals surface area contributed by atoms with Gasteiger partial charge in [-0.2, -0.15) is 0 Å². The lowest BCUT2D eigenvalue weighted by Crippen LogP contribution is -2.60. The number of rotatable bonds is 5. The SMILES string of the molecule is COc1ccccc1N1CCC(N2CCNC(C(=O)NC3CC3)C2)CC1. The second kappa shape index (κ2) is 7.84. The number of nitrogens with zero attached hydrogens (tertiary/aromatic N) is 2. The van der Waals surface area contributed by atoms with E-state index in [2.05, 4.69) is 32.6 Å². The van der Waals surface area contributed by atoms with E-state index in [1.165, 1.54) is 5.69 Å². The quantitative estimate of drug-likeness (QED) is 0.829. The maximum absolute atomic E-state index is 12.4. The summed E-state index contributed by atoms with van der Waals surface area (Å²) >= 11 is 0. The minimum atomic E-state index is -0.0587. The van der Waals surface area contributed by atoms with Crippen molar-refractivity contribution in [3.63, 3.8) is 0 Å². The van der Waals surface area contributed by atoms with Crippen LogP contribution < -0.4 is 20.3 Å². The van der Waals surface area contributed by atoms with Crippen LogP contribution in [-0.2, 0) is 4.79 Å². The van der Waals surface area contributed by atoms with Gasteiger partial charge in [-0.15, -0.1) is 0 Å². The zero-order valence-electron chi connectivity index (χ0n) is 15.6. The van der Waals surface area contributed by atoms with Crippen molar-refractivity contribution < 1.29 is 9.53 Å². The standard InChI is InChI=1S/C20H30N4O2/c1-26-19-5-3-2-4-18(19)23-11-8-16(9-12-23)24-13-10-21-17(14-24)20(25)22-15-6-7-15/h2-5,15-17,21H,6-14H2,1H3,(H,22,25). The van der Waals surface area contributed by atoms with E-state index in [0.717, 1.165) is 64.2 Å². The lowest BCUT2D eigenvalue weighted by Gasteiger charge is -2.43. The van der Waals surface area contributed by atoms with Gasteiger partial charge in [0.1, 0.15) is 5.75 Å². The van der Waals surface area contributed by atoms with E-state index >= 15 is 0 Å². The van der Waals surface area contributed by atoms with Crippen LogP contribution in [0.3, 0.4) is 0 Å². The predicted octanol–water partition coefficient (Wildman–Crippen LogP) is 1.22. The van der Waals surface area contributed by atoms with Crippen LogP contribution >= 0.6 is 0 Å². The van der Waals surface area contributed by atoms with Crippen LogP contribution in [0.2, 0.25) is 0 Å². The van der Waals surface area contributed by atoms with Gasteiger partial charge in [-0.3, -0.25) is 9.69 Å². The van der Waals surface area contributed by atoms with Gasteiger partial charge >= 0.3 is 0 Å². The molecule has 3 fully saturated rings. The number of carbonyl (C=O) groups excluding carboxylic acids is 1. The first kappa shape index (κ1) is 17.6. The van der Waals surface area contributed by atoms with Crippen LogP contribution in [0.5, 0.6) is 5.75 Å². The number of benzene rings is 1. The molecule has 1 aliphatic carbocycles. The Labute approximate surface area is 155 Å². The molecule has 6 heteroatoms. The van der Waals surface area contributed by atoms with E-state index in [0.29, 0.717) is 12.1 Å². The van der Waals surface area contributed by atoms with Gasteiger partial charge in [-0.05, 0) is 37.8 Å². The first-order valence-electron chi connectivity index (χ1n) is 9.90. The maximum atomic E-state index is 12.4. The second-order valence-corrected chi connectivity index (χ2v) is 7.67. The zero-order valence-corrected chi connectivity index (χ0v) is 15.6. The molecule has 1 saturated carbocycles. The summed E-state index contributed by atoms with van der Waals surface area (Å²) in [6.45, 7) is 4.84. The molecule has 2 heterocycles. The molecule has 2 N–H and O–H groups in total. The molecule has 1 atom stereocenters. The van der Waals surface area contributed by atoms with Crippen molar-refractivity contribution in [1.82, 2.24) is 15.5 Å². The van der Waals surface area contributed by atoms with Crippen molar-refractivity contribution in [2.45, 2.75) is 43.8 Å². The molecule has 1 amide bonds. The summed E-state index contributed by atoms with van der Waals surface area (Å²) in [6, 6.07) is 9.20. The largest absolute Gasteiger partial charge is 0.495 e. The Balaban J connectivity index is 1.31. The molecular weight excluding hydrogens is 328 g/mol. The Bertz CT molecular complexity index is 626. The molecule has 3 aliphatic rings. The number of para-hydroxylation sites is 2. The van der Waals surface area contributed by atoms with Gasteiger partial charge in [0.05, 0.1) is 18.8 Å². The van der Waals surface area contributed by atoms with E-state index in [-0.39, 0.29) is 11.9 Å². The smallest absolute Gasteiger partial charge is 0.238 e. The van der Waals surface area contributed by atoms with Crippen molar-refractivity contribution in [3.8, 4) is 5.75 Å². The maximum Gasteiger partial charge on any atom is 0.238 e. The van der Waals surface area contributed by atoms with Crippen molar-refractivity contribution in [2.75, 3.05) is 44.7 Å². The molecule has 1 unspecified atom stereocenters. The van der Waals surface area contributed by atoms with Crippen LogP contribution in [0, 0.1) is 0 Å². The van der Waals surface area contributed by atoms with Gasteiger partial charge in [0.25, 0.3) is 0 Å². The third-order valence-electron chi connectivity index (χ3n) is 5.85. The minimum absolute atomic E-state index is 0.0587. The highest BCUT2D eigenvalue weighted by atomic mass is 16.5.